The molecule has 2 aromatic heterocycles. The van der Waals surface area contributed by atoms with Crippen LogP contribution in [0.4, 0.5) is 4.39 Å². The van der Waals surface area contributed by atoms with E-state index < -0.39 is 0 Å². The molecule has 4 aromatic rings. The molecule has 4 rings (SSSR count). The SMILES string of the molecule is CN=C(NCCc1ccc(Oc2ccccc2)c(F)c1)NCCc1nnc2ccccn12. The molecule has 0 amide bonds. The first kappa shape index (κ1) is 21.3. The molecule has 0 atom stereocenters. The second-order valence-corrected chi connectivity index (χ2v) is 7.15. The van der Waals surface area contributed by atoms with Gasteiger partial charge in [-0.3, -0.25) is 9.39 Å². The van der Waals surface area contributed by atoms with Crippen LogP contribution < -0.4 is 15.4 Å². The Bertz CT molecular complexity index is 1190. The maximum Gasteiger partial charge on any atom is 0.191 e. The maximum atomic E-state index is 14.4. The number of nitrogens with one attached hydrogen (secondary N) is 2. The van der Waals surface area contributed by atoms with Crippen molar-refractivity contribution in [3.63, 3.8) is 0 Å². The number of aliphatic imine (C=N–C) groups is 1. The molecule has 0 spiro atoms. The summed E-state index contributed by atoms with van der Waals surface area (Å²) in [7, 11) is 1.72. The Morgan fingerprint density at radius 1 is 0.969 bits per heavy atom. The van der Waals surface area contributed by atoms with Gasteiger partial charge in [-0.25, -0.2) is 4.39 Å². The van der Waals surface area contributed by atoms with Crippen molar-refractivity contribution in [1.82, 2.24) is 25.2 Å². The van der Waals surface area contributed by atoms with E-state index in [2.05, 4.69) is 25.8 Å². The zero-order chi connectivity index (χ0) is 22.2. The summed E-state index contributed by atoms with van der Waals surface area (Å²) in [6, 6.07) is 20.0. The molecule has 0 aliphatic heterocycles. The molecule has 0 fully saturated rings. The normalized spacial score (nSPS) is 11.5. The average molecular weight is 433 g/mol. The quantitative estimate of drug-likeness (QED) is 0.329. The number of guanidine groups is 1. The van der Waals surface area contributed by atoms with Gasteiger partial charge in [0.2, 0.25) is 0 Å². The highest BCUT2D eigenvalue weighted by atomic mass is 19.1. The summed E-state index contributed by atoms with van der Waals surface area (Å²) in [6.07, 6.45) is 3.31. The molecule has 0 aliphatic carbocycles. The van der Waals surface area contributed by atoms with Crippen molar-refractivity contribution in [3.8, 4) is 11.5 Å². The minimum Gasteiger partial charge on any atom is -0.454 e. The number of halogens is 1. The molecular formula is C24H25FN6O. The minimum absolute atomic E-state index is 0.214. The molecule has 0 radical (unpaired) electrons. The molecular weight excluding hydrogens is 407 g/mol. The second-order valence-electron chi connectivity index (χ2n) is 7.15. The van der Waals surface area contributed by atoms with Gasteiger partial charge in [0.15, 0.2) is 23.2 Å². The Morgan fingerprint density at radius 2 is 1.75 bits per heavy atom. The van der Waals surface area contributed by atoms with Gasteiger partial charge in [0, 0.05) is 32.8 Å². The highest BCUT2D eigenvalue weighted by Crippen LogP contribution is 2.25. The van der Waals surface area contributed by atoms with Crippen LogP contribution in [0, 0.1) is 5.82 Å². The summed E-state index contributed by atoms with van der Waals surface area (Å²) >= 11 is 0. The van der Waals surface area contributed by atoms with Crippen LogP contribution in [0.2, 0.25) is 0 Å². The summed E-state index contributed by atoms with van der Waals surface area (Å²) in [4.78, 5) is 4.24. The number of aromatic nitrogens is 3. The van der Waals surface area contributed by atoms with Gasteiger partial charge in [-0.15, -0.1) is 10.2 Å². The Morgan fingerprint density at radius 3 is 2.53 bits per heavy atom. The number of nitrogens with zero attached hydrogens (tertiary/aromatic N) is 4. The van der Waals surface area contributed by atoms with Gasteiger partial charge < -0.3 is 15.4 Å². The van der Waals surface area contributed by atoms with E-state index in [9.17, 15) is 4.39 Å². The lowest BCUT2D eigenvalue weighted by atomic mass is 10.1. The minimum atomic E-state index is -0.380. The first-order valence-electron chi connectivity index (χ1n) is 10.5. The smallest absolute Gasteiger partial charge is 0.191 e. The predicted molar refractivity (Wildman–Crippen MR) is 123 cm³/mol. The number of benzene rings is 2. The molecule has 0 unspecified atom stereocenters. The fourth-order valence-electron chi connectivity index (χ4n) is 3.30. The predicted octanol–water partition coefficient (Wildman–Crippen LogP) is 3.61. The highest BCUT2D eigenvalue weighted by Gasteiger charge is 2.07. The summed E-state index contributed by atoms with van der Waals surface area (Å²) < 4.78 is 22.0. The van der Waals surface area contributed by atoms with Crippen LogP contribution >= 0.6 is 0 Å². The topological polar surface area (TPSA) is 75.8 Å². The number of rotatable bonds is 8. The van der Waals surface area contributed by atoms with E-state index in [4.69, 9.17) is 4.74 Å². The number of fused-ring (bicyclic) bond motifs is 1. The van der Waals surface area contributed by atoms with E-state index in [-0.39, 0.29) is 11.6 Å². The van der Waals surface area contributed by atoms with E-state index in [0.717, 1.165) is 17.0 Å². The number of hydrogen-bond donors (Lipinski definition) is 2. The van der Waals surface area contributed by atoms with Crippen LogP contribution in [-0.4, -0.2) is 40.7 Å². The molecule has 0 aliphatic rings. The van der Waals surface area contributed by atoms with Crippen LogP contribution in [0.3, 0.4) is 0 Å². The van der Waals surface area contributed by atoms with E-state index >= 15 is 0 Å². The standard InChI is InChI=1S/C24H25FN6O/c1-26-24(28-15-13-23-30-29-22-9-5-6-16-31(22)23)27-14-12-18-10-11-21(20(25)17-18)32-19-7-3-2-4-8-19/h2-11,16-17H,12-15H2,1H3,(H2,26,27,28). The van der Waals surface area contributed by atoms with Crippen LogP contribution in [0.1, 0.15) is 11.4 Å². The number of ether oxygens (including phenoxy) is 1. The fraction of sp³-hybridized carbons (Fsp3) is 0.208. The van der Waals surface area contributed by atoms with Gasteiger partial charge in [0.1, 0.15) is 11.6 Å². The molecule has 8 heteroatoms. The van der Waals surface area contributed by atoms with Crippen molar-refractivity contribution < 1.29 is 9.13 Å². The molecule has 2 N–H and O–H groups in total. The van der Waals surface area contributed by atoms with Crippen LogP contribution in [0.15, 0.2) is 77.9 Å². The lowest BCUT2D eigenvalue weighted by Crippen LogP contribution is -2.39. The largest absolute Gasteiger partial charge is 0.454 e. The van der Waals surface area contributed by atoms with Crippen LogP contribution in [0.5, 0.6) is 11.5 Å². The highest BCUT2D eigenvalue weighted by molar-refractivity contribution is 5.79. The van der Waals surface area contributed by atoms with E-state index in [1.54, 1.807) is 25.2 Å². The fourth-order valence-corrected chi connectivity index (χ4v) is 3.30. The summed E-state index contributed by atoms with van der Waals surface area (Å²) in [5.41, 5.74) is 1.71. The van der Waals surface area contributed by atoms with Crippen molar-refractivity contribution in [1.29, 1.82) is 0 Å². The molecule has 2 heterocycles. The molecule has 0 bridgehead atoms. The Hall–Kier alpha value is -3.94. The number of pyridine rings is 1. The third-order valence-corrected chi connectivity index (χ3v) is 4.92. The summed E-state index contributed by atoms with van der Waals surface area (Å²) in [6.45, 7) is 1.28. The zero-order valence-corrected chi connectivity index (χ0v) is 17.8. The molecule has 2 aromatic carbocycles. The Labute approximate surface area is 186 Å². The van der Waals surface area contributed by atoms with Gasteiger partial charge in [0.05, 0.1) is 0 Å². The average Bonchev–Trinajstić information content (AvgIpc) is 3.23. The van der Waals surface area contributed by atoms with Crippen molar-refractivity contribution in [2.45, 2.75) is 12.8 Å². The molecule has 164 valence electrons. The van der Waals surface area contributed by atoms with Gasteiger partial charge >= 0.3 is 0 Å². The van der Waals surface area contributed by atoms with Crippen molar-refractivity contribution in [2.75, 3.05) is 20.1 Å². The summed E-state index contributed by atoms with van der Waals surface area (Å²) in [5, 5.41) is 14.9. The maximum absolute atomic E-state index is 14.4. The lowest BCUT2D eigenvalue weighted by Gasteiger charge is -2.12. The third-order valence-electron chi connectivity index (χ3n) is 4.92. The van der Waals surface area contributed by atoms with E-state index in [0.29, 0.717) is 37.6 Å². The molecule has 0 saturated carbocycles. The summed E-state index contributed by atoms with van der Waals surface area (Å²) in [5.74, 6) is 2.01. The van der Waals surface area contributed by atoms with E-state index in [1.807, 2.05) is 53.1 Å². The first-order chi connectivity index (χ1) is 15.7. The van der Waals surface area contributed by atoms with Crippen LogP contribution in [-0.2, 0) is 12.8 Å². The Balaban J connectivity index is 1.23. The second kappa shape index (κ2) is 10.4. The first-order valence-corrected chi connectivity index (χ1v) is 10.5. The monoisotopic (exact) mass is 432 g/mol. The molecule has 0 saturated heterocycles. The van der Waals surface area contributed by atoms with Gasteiger partial charge in [-0.2, -0.15) is 0 Å². The molecule has 7 nitrogen and oxygen atoms in total. The number of hydrogen-bond acceptors (Lipinski definition) is 4. The van der Waals surface area contributed by atoms with Gasteiger partial charge in [0.25, 0.3) is 0 Å². The Kier molecular flexibility index (Phi) is 6.91. The van der Waals surface area contributed by atoms with Gasteiger partial charge in [-0.05, 0) is 48.4 Å². The van der Waals surface area contributed by atoms with Crippen molar-refractivity contribution in [2.24, 2.45) is 4.99 Å². The van der Waals surface area contributed by atoms with E-state index in [1.165, 1.54) is 6.07 Å². The third kappa shape index (κ3) is 5.40. The zero-order valence-electron chi connectivity index (χ0n) is 17.8. The number of para-hydroxylation sites is 1. The van der Waals surface area contributed by atoms with Gasteiger partial charge in [-0.1, -0.05) is 30.3 Å². The van der Waals surface area contributed by atoms with Crippen molar-refractivity contribution >= 4 is 11.6 Å². The molecule has 32 heavy (non-hydrogen) atoms. The lowest BCUT2D eigenvalue weighted by molar-refractivity contribution is 0.441. The van der Waals surface area contributed by atoms with Crippen LogP contribution in [0.25, 0.3) is 5.65 Å². The van der Waals surface area contributed by atoms with Crippen molar-refractivity contribution in [3.05, 3.63) is 90.1 Å².